The number of piperidine rings is 1. The Hall–Kier alpha value is -1.10. The van der Waals surface area contributed by atoms with Gasteiger partial charge in [-0.1, -0.05) is 45.0 Å². The number of amides is 1. The Balaban J connectivity index is 0.00000288. The number of halogens is 1. The number of nitrogens with one attached hydrogen (secondary N) is 2. The van der Waals surface area contributed by atoms with Crippen LogP contribution in [-0.2, 0) is 17.9 Å². The molecule has 136 valence electrons. The summed E-state index contributed by atoms with van der Waals surface area (Å²) in [6, 6.07) is 8.55. The molecular formula is C19H32ClN3O. The van der Waals surface area contributed by atoms with E-state index in [0.717, 1.165) is 44.6 Å². The molecule has 1 heterocycles. The molecule has 0 aliphatic carbocycles. The fourth-order valence-corrected chi connectivity index (χ4v) is 3.09. The summed E-state index contributed by atoms with van der Waals surface area (Å²) >= 11 is 0. The standard InChI is InChI=1S/C19H31N3O.ClH/c1-4-22(5-2)14-17-8-6-16(7-9-17)13-21-19(23)18-12-15(3)10-11-20-18;/h6-9,15,18,20H,4-5,10-14H2,1-3H3,(H,21,23);1H. The van der Waals surface area contributed by atoms with E-state index in [1.165, 1.54) is 5.56 Å². The van der Waals surface area contributed by atoms with Gasteiger partial charge in [-0.25, -0.2) is 0 Å². The second kappa shape index (κ2) is 10.7. The normalized spacial score (nSPS) is 20.5. The Labute approximate surface area is 152 Å². The highest BCUT2D eigenvalue weighted by atomic mass is 35.5. The molecule has 0 saturated carbocycles. The molecule has 1 aliphatic rings. The van der Waals surface area contributed by atoms with Crippen LogP contribution in [0.25, 0.3) is 0 Å². The number of carbonyl (C=O) groups is 1. The van der Waals surface area contributed by atoms with Gasteiger partial charge in [0, 0.05) is 13.1 Å². The first-order chi connectivity index (χ1) is 11.1. The minimum atomic E-state index is -0.0271. The Morgan fingerprint density at radius 2 is 1.83 bits per heavy atom. The topological polar surface area (TPSA) is 44.4 Å². The van der Waals surface area contributed by atoms with Gasteiger partial charge in [0.2, 0.25) is 5.91 Å². The third-order valence-corrected chi connectivity index (χ3v) is 4.77. The van der Waals surface area contributed by atoms with Crippen molar-refractivity contribution in [3.8, 4) is 0 Å². The van der Waals surface area contributed by atoms with Crippen LogP contribution in [-0.4, -0.2) is 36.5 Å². The van der Waals surface area contributed by atoms with Gasteiger partial charge in [-0.2, -0.15) is 0 Å². The molecule has 1 aromatic rings. The lowest BCUT2D eigenvalue weighted by atomic mass is 9.94. The average molecular weight is 354 g/mol. The van der Waals surface area contributed by atoms with Gasteiger partial charge in [0.15, 0.2) is 0 Å². The van der Waals surface area contributed by atoms with Gasteiger partial charge in [-0.3, -0.25) is 9.69 Å². The van der Waals surface area contributed by atoms with E-state index in [0.29, 0.717) is 12.5 Å². The van der Waals surface area contributed by atoms with Crippen LogP contribution in [0.3, 0.4) is 0 Å². The average Bonchev–Trinajstić information content (AvgIpc) is 2.58. The van der Waals surface area contributed by atoms with Crippen molar-refractivity contribution < 1.29 is 4.79 Å². The smallest absolute Gasteiger partial charge is 0.237 e. The highest BCUT2D eigenvalue weighted by Gasteiger charge is 2.23. The number of nitrogens with zero attached hydrogens (tertiary/aromatic N) is 1. The van der Waals surface area contributed by atoms with E-state index in [-0.39, 0.29) is 24.4 Å². The molecule has 0 aromatic heterocycles. The number of benzene rings is 1. The van der Waals surface area contributed by atoms with Crippen molar-refractivity contribution >= 4 is 18.3 Å². The summed E-state index contributed by atoms with van der Waals surface area (Å²) in [6.45, 7) is 11.3. The first-order valence-electron chi connectivity index (χ1n) is 8.93. The minimum Gasteiger partial charge on any atom is -0.351 e. The molecule has 2 atom stereocenters. The molecule has 0 radical (unpaired) electrons. The van der Waals surface area contributed by atoms with E-state index in [9.17, 15) is 4.79 Å². The third kappa shape index (κ3) is 6.42. The molecule has 5 heteroatoms. The molecular weight excluding hydrogens is 322 g/mol. The van der Waals surface area contributed by atoms with Gasteiger partial charge in [-0.05, 0) is 49.5 Å². The summed E-state index contributed by atoms with van der Waals surface area (Å²) in [5, 5.41) is 6.37. The number of hydrogen-bond acceptors (Lipinski definition) is 3. The molecule has 0 spiro atoms. The predicted octanol–water partition coefficient (Wildman–Crippen LogP) is 2.95. The highest BCUT2D eigenvalue weighted by molar-refractivity contribution is 5.85. The van der Waals surface area contributed by atoms with Crippen molar-refractivity contribution in [2.75, 3.05) is 19.6 Å². The predicted molar refractivity (Wildman–Crippen MR) is 102 cm³/mol. The maximum Gasteiger partial charge on any atom is 0.237 e. The first kappa shape index (κ1) is 20.9. The lowest BCUT2D eigenvalue weighted by molar-refractivity contribution is -0.124. The van der Waals surface area contributed by atoms with Gasteiger partial charge >= 0.3 is 0 Å². The van der Waals surface area contributed by atoms with Crippen molar-refractivity contribution in [2.24, 2.45) is 5.92 Å². The van der Waals surface area contributed by atoms with E-state index in [4.69, 9.17) is 0 Å². The van der Waals surface area contributed by atoms with Gasteiger partial charge < -0.3 is 10.6 Å². The first-order valence-corrected chi connectivity index (χ1v) is 8.93. The van der Waals surface area contributed by atoms with Crippen molar-refractivity contribution in [3.05, 3.63) is 35.4 Å². The fraction of sp³-hybridized carbons (Fsp3) is 0.632. The quantitative estimate of drug-likeness (QED) is 0.792. The van der Waals surface area contributed by atoms with E-state index in [1.807, 2.05) is 0 Å². The summed E-state index contributed by atoms with van der Waals surface area (Å²) in [7, 11) is 0. The van der Waals surface area contributed by atoms with E-state index in [1.54, 1.807) is 0 Å². The number of carbonyl (C=O) groups excluding carboxylic acids is 1. The highest BCUT2D eigenvalue weighted by Crippen LogP contribution is 2.15. The van der Waals surface area contributed by atoms with Crippen LogP contribution in [0.2, 0.25) is 0 Å². The molecule has 1 aliphatic heterocycles. The van der Waals surface area contributed by atoms with Crippen LogP contribution in [0.15, 0.2) is 24.3 Å². The molecule has 24 heavy (non-hydrogen) atoms. The molecule has 1 amide bonds. The summed E-state index contributed by atoms with van der Waals surface area (Å²) < 4.78 is 0. The summed E-state index contributed by atoms with van der Waals surface area (Å²) in [4.78, 5) is 14.6. The largest absolute Gasteiger partial charge is 0.351 e. The fourth-order valence-electron chi connectivity index (χ4n) is 3.09. The second-order valence-corrected chi connectivity index (χ2v) is 6.63. The number of rotatable bonds is 7. The van der Waals surface area contributed by atoms with Crippen molar-refractivity contribution in [3.63, 3.8) is 0 Å². The monoisotopic (exact) mass is 353 g/mol. The van der Waals surface area contributed by atoms with E-state index < -0.39 is 0 Å². The Bertz CT molecular complexity index is 488. The molecule has 1 fully saturated rings. The van der Waals surface area contributed by atoms with Gasteiger partial charge in [0.1, 0.15) is 0 Å². The Morgan fingerprint density at radius 1 is 1.21 bits per heavy atom. The molecule has 0 bridgehead atoms. The minimum absolute atomic E-state index is 0. The molecule has 1 aromatic carbocycles. The Morgan fingerprint density at radius 3 is 2.42 bits per heavy atom. The molecule has 2 unspecified atom stereocenters. The van der Waals surface area contributed by atoms with Gasteiger partial charge in [-0.15, -0.1) is 12.4 Å². The zero-order chi connectivity index (χ0) is 16.7. The second-order valence-electron chi connectivity index (χ2n) is 6.63. The summed E-state index contributed by atoms with van der Waals surface area (Å²) in [5.41, 5.74) is 2.48. The van der Waals surface area contributed by atoms with Crippen LogP contribution < -0.4 is 10.6 Å². The maximum absolute atomic E-state index is 12.2. The summed E-state index contributed by atoms with van der Waals surface area (Å²) in [6.07, 6.45) is 2.10. The van der Waals surface area contributed by atoms with Gasteiger partial charge in [0.05, 0.1) is 6.04 Å². The lowest BCUT2D eigenvalue weighted by Crippen LogP contribution is -2.48. The van der Waals surface area contributed by atoms with E-state index in [2.05, 4.69) is 60.6 Å². The van der Waals surface area contributed by atoms with Crippen molar-refractivity contribution in [2.45, 2.75) is 52.7 Å². The van der Waals surface area contributed by atoms with Crippen LogP contribution in [0, 0.1) is 5.92 Å². The SMILES string of the molecule is CCN(CC)Cc1ccc(CNC(=O)C2CC(C)CCN2)cc1.Cl. The summed E-state index contributed by atoms with van der Waals surface area (Å²) in [5.74, 6) is 0.759. The zero-order valence-corrected chi connectivity index (χ0v) is 16.0. The van der Waals surface area contributed by atoms with Crippen LogP contribution in [0.1, 0.15) is 44.7 Å². The zero-order valence-electron chi connectivity index (χ0n) is 15.2. The molecule has 1 saturated heterocycles. The van der Waals surface area contributed by atoms with Crippen molar-refractivity contribution in [1.82, 2.24) is 15.5 Å². The molecule has 4 nitrogen and oxygen atoms in total. The molecule has 2 rings (SSSR count). The van der Waals surface area contributed by atoms with Crippen LogP contribution in [0.4, 0.5) is 0 Å². The lowest BCUT2D eigenvalue weighted by Gasteiger charge is -2.27. The van der Waals surface area contributed by atoms with Crippen LogP contribution >= 0.6 is 12.4 Å². The van der Waals surface area contributed by atoms with E-state index >= 15 is 0 Å². The third-order valence-electron chi connectivity index (χ3n) is 4.77. The Kier molecular flexibility index (Phi) is 9.34. The number of hydrogen-bond donors (Lipinski definition) is 2. The van der Waals surface area contributed by atoms with Crippen LogP contribution in [0.5, 0.6) is 0 Å². The molecule has 2 N–H and O–H groups in total. The maximum atomic E-state index is 12.2. The van der Waals surface area contributed by atoms with Gasteiger partial charge in [0.25, 0.3) is 0 Å². The van der Waals surface area contributed by atoms with Crippen molar-refractivity contribution in [1.29, 1.82) is 0 Å².